The van der Waals surface area contributed by atoms with Gasteiger partial charge in [-0.05, 0) is 24.0 Å². The second-order valence-corrected chi connectivity index (χ2v) is 4.40. The second-order valence-electron chi connectivity index (χ2n) is 4.40. The highest BCUT2D eigenvalue weighted by Gasteiger charge is 2.18. The lowest BCUT2D eigenvalue weighted by atomic mass is 10.0. The van der Waals surface area contributed by atoms with Crippen LogP contribution in [0.5, 0.6) is 0 Å². The van der Waals surface area contributed by atoms with Gasteiger partial charge >= 0.3 is 0 Å². The Morgan fingerprint density at radius 1 is 1.28 bits per heavy atom. The summed E-state index contributed by atoms with van der Waals surface area (Å²) in [6.07, 6.45) is -1.08. The van der Waals surface area contributed by atoms with Gasteiger partial charge in [0.2, 0.25) is 0 Å². The maximum Gasteiger partial charge on any atom is 0.269 e. The van der Waals surface area contributed by atoms with E-state index in [0.29, 0.717) is 25.9 Å². The first-order valence-corrected chi connectivity index (χ1v) is 5.83. The van der Waals surface area contributed by atoms with Crippen molar-refractivity contribution >= 4 is 5.69 Å². The molecule has 0 saturated carbocycles. The molecule has 0 N–H and O–H groups in total. The lowest BCUT2D eigenvalue weighted by Crippen LogP contribution is -2.31. The number of alkyl halides is 2. The lowest BCUT2D eigenvalue weighted by Gasteiger charge is -2.18. The van der Waals surface area contributed by atoms with Crippen molar-refractivity contribution in [1.82, 2.24) is 4.90 Å². The maximum atomic E-state index is 12.3. The van der Waals surface area contributed by atoms with Crippen molar-refractivity contribution in [3.63, 3.8) is 0 Å². The summed E-state index contributed by atoms with van der Waals surface area (Å²) in [4.78, 5) is 12.0. The van der Waals surface area contributed by atoms with Crippen LogP contribution in [0.15, 0.2) is 18.2 Å². The predicted molar refractivity (Wildman–Crippen MR) is 62.9 cm³/mol. The third-order valence-electron chi connectivity index (χ3n) is 3.19. The number of hydrogen-bond donors (Lipinski definition) is 0. The van der Waals surface area contributed by atoms with E-state index in [-0.39, 0.29) is 12.2 Å². The first-order valence-electron chi connectivity index (χ1n) is 5.83. The van der Waals surface area contributed by atoms with Crippen LogP contribution in [-0.4, -0.2) is 35.9 Å². The molecule has 0 aliphatic carbocycles. The standard InChI is InChI=1S/C12H14F2N2O2/c13-12(14)8-15-5-3-9-1-2-11(16(17)18)7-10(9)4-6-15/h1-2,7,12H,3-6,8H2. The molecule has 1 aliphatic rings. The Kier molecular flexibility index (Phi) is 3.86. The van der Waals surface area contributed by atoms with Gasteiger partial charge in [0.15, 0.2) is 0 Å². The molecule has 1 aliphatic heterocycles. The van der Waals surface area contributed by atoms with E-state index in [1.54, 1.807) is 17.0 Å². The average molecular weight is 256 g/mol. The van der Waals surface area contributed by atoms with Gasteiger partial charge in [0.25, 0.3) is 12.1 Å². The number of halogens is 2. The average Bonchev–Trinajstić information content (AvgIpc) is 2.50. The maximum absolute atomic E-state index is 12.3. The Balaban J connectivity index is 2.12. The van der Waals surface area contributed by atoms with Crippen molar-refractivity contribution in [2.75, 3.05) is 19.6 Å². The molecule has 0 radical (unpaired) electrons. The number of nitrogens with zero attached hydrogens (tertiary/aromatic N) is 2. The number of nitro groups is 1. The molecule has 18 heavy (non-hydrogen) atoms. The molecule has 1 aromatic rings. The minimum atomic E-state index is -2.33. The Bertz CT molecular complexity index is 452. The summed E-state index contributed by atoms with van der Waals surface area (Å²) in [7, 11) is 0. The van der Waals surface area contributed by atoms with Crippen LogP contribution in [0.1, 0.15) is 11.1 Å². The summed E-state index contributed by atoms with van der Waals surface area (Å²) in [5.74, 6) is 0. The summed E-state index contributed by atoms with van der Waals surface area (Å²) in [6.45, 7) is 0.879. The predicted octanol–water partition coefficient (Wildman–Crippen LogP) is 2.26. The SMILES string of the molecule is O=[N+]([O-])c1ccc2c(c1)CCN(CC(F)F)CC2. The van der Waals surface area contributed by atoms with E-state index in [2.05, 4.69) is 0 Å². The number of fused-ring (bicyclic) bond motifs is 1. The minimum absolute atomic E-state index is 0.0658. The molecule has 0 unspecified atom stereocenters. The van der Waals surface area contributed by atoms with E-state index >= 15 is 0 Å². The van der Waals surface area contributed by atoms with Gasteiger partial charge in [-0.2, -0.15) is 0 Å². The van der Waals surface area contributed by atoms with Crippen molar-refractivity contribution in [2.24, 2.45) is 0 Å². The zero-order valence-corrected chi connectivity index (χ0v) is 9.81. The monoisotopic (exact) mass is 256 g/mol. The molecule has 6 heteroatoms. The van der Waals surface area contributed by atoms with E-state index < -0.39 is 11.3 Å². The number of hydrogen-bond acceptors (Lipinski definition) is 3. The Hall–Kier alpha value is -1.56. The molecule has 2 rings (SSSR count). The summed E-state index contributed by atoms with van der Waals surface area (Å²) < 4.78 is 24.6. The van der Waals surface area contributed by atoms with Crippen LogP contribution in [0.2, 0.25) is 0 Å². The Morgan fingerprint density at radius 2 is 1.94 bits per heavy atom. The highest BCUT2D eigenvalue weighted by molar-refractivity contribution is 5.40. The van der Waals surface area contributed by atoms with Crippen molar-refractivity contribution in [2.45, 2.75) is 19.3 Å². The molecule has 4 nitrogen and oxygen atoms in total. The molecule has 0 atom stereocenters. The van der Waals surface area contributed by atoms with E-state index in [9.17, 15) is 18.9 Å². The number of nitro benzene ring substituents is 1. The second kappa shape index (κ2) is 5.39. The zero-order chi connectivity index (χ0) is 13.1. The fourth-order valence-electron chi connectivity index (χ4n) is 2.25. The fraction of sp³-hybridized carbons (Fsp3) is 0.500. The fourth-order valence-corrected chi connectivity index (χ4v) is 2.25. The van der Waals surface area contributed by atoms with Gasteiger partial charge in [-0.15, -0.1) is 0 Å². The molecule has 0 fully saturated rings. The first-order chi connectivity index (χ1) is 8.56. The smallest absolute Gasteiger partial charge is 0.269 e. The largest absolute Gasteiger partial charge is 0.297 e. The summed E-state index contributed by atoms with van der Waals surface area (Å²) in [5, 5.41) is 10.7. The normalized spacial score (nSPS) is 16.4. The van der Waals surface area contributed by atoms with Crippen LogP contribution >= 0.6 is 0 Å². The highest BCUT2D eigenvalue weighted by atomic mass is 19.3. The summed E-state index contributed by atoms with van der Waals surface area (Å²) in [5.41, 5.74) is 1.99. The molecule has 0 amide bonds. The van der Waals surface area contributed by atoms with E-state index in [1.165, 1.54) is 6.07 Å². The zero-order valence-electron chi connectivity index (χ0n) is 9.81. The topological polar surface area (TPSA) is 46.4 Å². The molecule has 0 saturated heterocycles. The van der Waals surface area contributed by atoms with Crippen molar-refractivity contribution in [1.29, 1.82) is 0 Å². The molecular weight excluding hydrogens is 242 g/mol. The molecule has 0 spiro atoms. The van der Waals surface area contributed by atoms with Gasteiger partial charge in [0.05, 0.1) is 11.5 Å². The number of rotatable bonds is 3. The van der Waals surface area contributed by atoms with Crippen LogP contribution in [0, 0.1) is 10.1 Å². The highest BCUT2D eigenvalue weighted by Crippen LogP contribution is 2.22. The van der Waals surface area contributed by atoms with Crippen molar-refractivity contribution in [3.8, 4) is 0 Å². The molecule has 98 valence electrons. The minimum Gasteiger partial charge on any atom is -0.297 e. The molecule has 0 aromatic heterocycles. The number of benzene rings is 1. The quantitative estimate of drug-likeness (QED) is 0.615. The van der Waals surface area contributed by atoms with Gasteiger partial charge in [-0.25, -0.2) is 8.78 Å². The van der Waals surface area contributed by atoms with Gasteiger partial charge in [-0.3, -0.25) is 15.0 Å². The van der Waals surface area contributed by atoms with Crippen molar-refractivity contribution < 1.29 is 13.7 Å². The summed E-state index contributed by atoms with van der Waals surface area (Å²) in [6, 6.07) is 4.77. The summed E-state index contributed by atoms with van der Waals surface area (Å²) >= 11 is 0. The van der Waals surface area contributed by atoms with Crippen molar-refractivity contribution in [3.05, 3.63) is 39.4 Å². The van der Waals surface area contributed by atoms with Gasteiger partial charge < -0.3 is 0 Å². The molecule has 1 aromatic carbocycles. The van der Waals surface area contributed by atoms with E-state index in [4.69, 9.17) is 0 Å². The van der Waals surface area contributed by atoms with Gasteiger partial charge in [0, 0.05) is 25.2 Å². The Morgan fingerprint density at radius 3 is 2.56 bits per heavy atom. The molecular formula is C12H14F2N2O2. The van der Waals surface area contributed by atoms with E-state index in [0.717, 1.165) is 11.1 Å². The molecule has 1 heterocycles. The van der Waals surface area contributed by atoms with Crippen LogP contribution in [0.4, 0.5) is 14.5 Å². The first kappa shape index (κ1) is 12.9. The van der Waals surface area contributed by atoms with Gasteiger partial charge in [0.1, 0.15) is 0 Å². The van der Waals surface area contributed by atoms with Crippen LogP contribution in [0.25, 0.3) is 0 Å². The van der Waals surface area contributed by atoms with Crippen LogP contribution in [0.3, 0.4) is 0 Å². The third kappa shape index (κ3) is 3.01. The number of non-ortho nitro benzene ring substituents is 1. The third-order valence-corrected chi connectivity index (χ3v) is 3.19. The molecule has 0 bridgehead atoms. The Labute approximate surface area is 103 Å². The van der Waals surface area contributed by atoms with Gasteiger partial charge in [-0.1, -0.05) is 6.07 Å². The van der Waals surface area contributed by atoms with Crippen LogP contribution < -0.4 is 0 Å². The lowest BCUT2D eigenvalue weighted by molar-refractivity contribution is -0.384. The van der Waals surface area contributed by atoms with Crippen LogP contribution in [-0.2, 0) is 12.8 Å². The van der Waals surface area contributed by atoms with E-state index in [1.807, 2.05) is 0 Å².